The van der Waals surface area contributed by atoms with Crippen LogP contribution in [0.5, 0.6) is 5.75 Å². The second kappa shape index (κ2) is 6.89. The smallest absolute Gasteiger partial charge is 0.258 e. The molecule has 1 amide bonds. The van der Waals surface area contributed by atoms with E-state index in [4.69, 9.17) is 4.74 Å². The van der Waals surface area contributed by atoms with Gasteiger partial charge in [-0.15, -0.1) is 5.10 Å². The van der Waals surface area contributed by atoms with Crippen molar-refractivity contribution in [3.63, 3.8) is 0 Å². The summed E-state index contributed by atoms with van der Waals surface area (Å²) in [7, 11) is 1.58. The zero-order valence-electron chi connectivity index (χ0n) is 13.6. The highest BCUT2D eigenvalue weighted by Crippen LogP contribution is 2.28. The van der Waals surface area contributed by atoms with E-state index < -0.39 is 0 Å². The number of amides is 1. The number of nitrogens with one attached hydrogen (secondary N) is 1. The van der Waals surface area contributed by atoms with Gasteiger partial charge in [0.15, 0.2) is 11.4 Å². The van der Waals surface area contributed by atoms with Crippen LogP contribution >= 0.6 is 27.3 Å². The number of pyridine rings is 1. The number of ether oxygens (including phenoxy) is 1. The molecule has 0 unspecified atom stereocenters. The summed E-state index contributed by atoms with van der Waals surface area (Å²) in [5.41, 5.74) is 2.96. The fourth-order valence-electron chi connectivity index (χ4n) is 2.58. The molecule has 0 radical (unpaired) electrons. The van der Waals surface area contributed by atoms with E-state index in [9.17, 15) is 4.79 Å². The van der Waals surface area contributed by atoms with E-state index in [-0.39, 0.29) is 11.9 Å². The molecule has 0 saturated carbocycles. The van der Waals surface area contributed by atoms with Crippen molar-refractivity contribution in [3.8, 4) is 17.0 Å². The molecule has 0 aliphatic carbocycles. The number of carbonyl (C=O) groups is 1. The Morgan fingerprint density at radius 3 is 2.88 bits per heavy atom. The predicted octanol–water partition coefficient (Wildman–Crippen LogP) is 4.48. The minimum atomic E-state index is -0.279. The quantitative estimate of drug-likeness (QED) is 0.520. The maximum Gasteiger partial charge on any atom is 0.258 e. The summed E-state index contributed by atoms with van der Waals surface area (Å²) in [4.78, 5) is 16.9. The average Bonchev–Trinajstić information content (AvgIpc) is 3.30. The molecule has 0 aliphatic heterocycles. The third-order valence-electron chi connectivity index (χ3n) is 3.80. The number of halogens is 1. The molecule has 4 rings (SSSR count). The molecule has 0 fully saturated rings. The van der Waals surface area contributed by atoms with E-state index in [1.807, 2.05) is 35.0 Å². The van der Waals surface area contributed by atoms with E-state index >= 15 is 0 Å². The molecule has 8 heteroatoms. The number of fused-ring (bicyclic) bond motifs is 1. The molecule has 1 aromatic carbocycles. The molecular weight excluding hydrogens is 416 g/mol. The van der Waals surface area contributed by atoms with Crippen LogP contribution in [0.2, 0.25) is 0 Å². The summed E-state index contributed by atoms with van der Waals surface area (Å²) in [5.74, 6) is 0.522. The lowest BCUT2D eigenvalue weighted by Gasteiger charge is -2.05. The molecule has 6 nitrogen and oxygen atoms in total. The first-order valence-corrected chi connectivity index (χ1v) is 9.42. The van der Waals surface area contributed by atoms with Gasteiger partial charge < -0.3 is 4.74 Å². The van der Waals surface area contributed by atoms with Gasteiger partial charge in [-0.1, -0.05) is 22.0 Å². The SMILES string of the molecule is COc1ccc(-c2ccsc2)n2nc(NC(=O)c3cccc(Br)c3)nc12. The van der Waals surface area contributed by atoms with E-state index in [2.05, 4.69) is 31.3 Å². The predicted molar refractivity (Wildman–Crippen MR) is 105 cm³/mol. The normalized spacial score (nSPS) is 10.8. The number of thiophene rings is 1. The molecule has 0 atom stereocenters. The van der Waals surface area contributed by atoms with Crippen molar-refractivity contribution in [3.05, 3.63) is 63.3 Å². The standard InChI is InChI=1S/C18H13BrN4O2S/c1-25-15-6-5-14(12-7-8-26-10-12)23-16(15)20-18(22-23)21-17(24)11-3-2-4-13(19)9-11/h2-10H,1H3,(H,21,22,24). The van der Waals surface area contributed by atoms with Gasteiger partial charge in [0, 0.05) is 21.0 Å². The van der Waals surface area contributed by atoms with E-state index in [0.29, 0.717) is 17.0 Å². The Balaban J connectivity index is 1.75. The monoisotopic (exact) mass is 428 g/mol. The Morgan fingerprint density at radius 1 is 1.27 bits per heavy atom. The second-order valence-corrected chi connectivity index (χ2v) is 7.13. The lowest BCUT2D eigenvalue weighted by Crippen LogP contribution is -2.13. The summed E-state index contributed by atoms with van der Waals surface area (Å²) in [6.07, 6.45) is 0. The fourth-order valence-corrected chi connectivity index (χ4v) is 3.63. The zero-order chi connectivity index (χ0) is 18.1. The van der Waals surface area contributed by atoms with Crippen molar-refractivity contribution < 1.29 is 9.53 Å². The molecule has 1 N–H and O–H groups in total. The van der Waals surface area contributed by atoms with Gasteiger partial charge in [0.05, 0.1) is 12.8 Å². The van der Waals surface area contributed by atoms with Crippen molar-refractivity contribution >= 4 is 44.8 Å². The number of rotatable bonds is 4. The van der Waals surface area contributed by atoms with Crippen molar-refractivity contribution in [2.75, 3.05) is 12.4 Å². The van der Waals surface area contributed by atoms with Crippen molar-refractivity contribution in [2.24, 2.45) is 0 Å². The molecular formula is C18H13BrN4O2S. The van der Waals surface area contributed by atoms with Crippen LogP contribution in [0.1, 0.15) is 10.4 Å². The lowest BCUT2D eigenvalue weighted by molar-refractivity contribution is 0.102. The maximum absolute atomic E-state index is 12.5. The average molecular weight is 429 g/mol. The second-order valence-electron chi connectivity index (χ2n) is 5.43. The maximum atomic E-state index is 12.5. The lowest BCUT2D eigenvalue weighted by atomic mass is 10.2. The van der Waals surface area contributed by atoms with Gasteiger partial charge in [0.25, 0.3) is 5.91 Å². The van der Waals surface area contributed by atoms with E-state index in [0.717, 1.165) is 15.7 Å². The van der Waals surface area contributed by atoms with Crippen LogP contribution in [0.25, 0.3) is 16.9 Å². The first-order valence-electron chi connectivity index (χ1n) is 7.69. The third-order valence-corrected chi connectivity index (χ3v) is 4.97. The Morgan fingerprint density at radius 2 is 2.15 bits per heavy atom. The Bertz CT molecular complexity index is 1090. The van der Waals surface area contributed by atoms with Gasteiger partial charge in [0.2, 0.25) is 5.95 Å². The van der Waals surface area contributed by atoms with E-state index in [1.165, 1.54) is 0 Å². The van der Waals surface area contributed by atoms with Crippen molar-refractivity contribution in [2.45, 2.75) is 0 Å². The topological polar surface area (TPSA) is 68.5 Å². The highest BCUT2D eigenvalue weighted by atomic mass is 79.9. The number of carbonyl (C=O) groups excluding carboxylic acids is 1. The molecule has 0 aliphatic rings. The first kappa shape index (κ1) is 16.7. The van der Waals surface area contributed by atoms with Crippen LogP contribution in [0.15, 0.2) is 57.7 Å². The van der Waals surface area contributed by atoms with Crippen molar-refractivity contribution in [1.29, 1.82) is 0 Å². The van der Waals surface area contributed by atoms with Crippen LogP contribution in [0, 0.1) is 0 Å². The molecule has 0 bridgehead atoms. The molecule has 0 spiro atoms. The molecule has 26 heavy (non-hydrogen) atoms. The number of benzene rings is 1. The summed E-state index contributed by atoms with van der Waals surface area (Å²) < 4.78 is 7.89. The molecule has 130 valence electrons. The third kappa shape index (κ3) is 3.09. The summed E-state index contributed by atoms with van der Waals surface area (Å²) in [6.45, 7) is 0. The van der Waals surface area contributed by atoms with Gasteiger partial charge in [-0.25, -0.2) is 4.52 Å². The Kier molecular flexibility index (Phi) is 4.44. The fraction of sp³-hybridized carbons (Fsp3) is 0.0556. The summed E-state index contributed by atoms with van der Waals surface area (Å²) >= 11 is 4.97. The largest absolute Gasteiger partial charge is 0.493 e. The van der Waals surface area contributed by atoms with Crippen molar-refractivity contribution in [1.82, 2.24) is 14.6 Å². The van der Waals surface area contributed by atoms with Crippen LogP contribution in [0.3, 0.4) is 0 Å². The van der Waals surface area contributed by atoms with Gasteiger partial charge in [-0.2, -0.15) is 16.3 Å². The summed E-state index contributed by atoms with van der Waals surface area (Å²) in [6, 6.07) is 12.9. The number of hydrogen-bond acceptors (Lipinski definition) is 5. The highest BCUT2D eigenvalue weighted by Gasteiger charge is 2.16. The number of methoxy groups -OCH3 is 1. The van der Waals surface area contributed by atoms with Crippen LogP contribution < -0.4 is 10.1 Å². The zero-order valence-corrected chi connectivity index (χ0v) is 16.0. The minimum absolute atomic E-state index is 0.218. The Hall–Kier alpha value is -2.71. The highest BCUT2D eigenvalue weighted by molar-refractivity contribution is 9.10. The van der Waals surface area contributed by atoms with E-state index in [1.54, 1.807) is 41.2 Å². The van der Waals surface area contributed by atoms with Gasteiger partial charge in [-0.05, 0) is 41.8 Å². The number of anilines is 1. The van der Waals surface area contributed by atoms with Gasteiger partial charge in [0.1, 0.15) is 0 Å². The van der Waals surface area contributed by atoms with Gasteiger partial charge >= 0.3 is 0 Å². The number of aromatic nitrogens is 3. The van der Waals surface area contributed by atoms with Crippen LogP contribution in [-0.4, -0.2) is 27.6 Å². The Labute approximate surface area is 161 Å². The molecule has 4 aromatic rings. The van der Waals surface area contributed by atoms with Gasteiger partial charge in [-0.3, -0.25) is 10.1 Å². The van der Waals surface area contributed by atoms with Crippen LogP contribution in [-0.2, 0) is 0 Å². The first-order chi connectivity index (χ1) is 12.7. The minimum Gasteiger partial charge on any atom is -0.493 e. The molecule has 3 aromatic heterocycles. The number of nitrogens with zero attached hydrogens (tertiary/aromatic N) is 3. The summed E-state index contributed by atoms with van der Waals surface area (Å²) in [5, 5.41) is 11.2. The van der Waals surface area contributed by atoms with Crippen LogP contribution in [0.4, 0.5) is 5.95 Å². The molecule has 0 saturated heterocycles. The molecule has 3 heterocycles. The number of hydrogen-bond donors (Lipinski definition) is 1.